The van der Waals surface area contributed by atoms with Crippen LogP contribution < -0.4 is 4.90 Å². The van der Waals surface area contributed by atoms with Gasteiger partial charge in [0.05, 0.1) is 5.69 Å². The van der Waals surface area contributed by atoms with Crippen molar-refractivity contribution in [1.29, 1.82) is 0 Å². The maximum absolute atomic E-state index is 6.00. The zero-order valence-electron chi connectivity index (χ0n) is 8.20. The Morgan fingerprint density at radius 3 is 3.07 bits per heavy atom. The average molecular weight is 219 g/mol. The van der Waals surface area contributed by atoms with Crippen LogP contribution in [0.25, 0.3) is 10.9 Å². The molecule has 2 nitrogen and oxygen atoms in total. The first-order valence-electron chi connectivity index (χ1n) is 5.04. The van der Waals surface area contributed by atoms with Gasteiger partial charge in [-0.05, 0) is 24.6 Å². The number of rotatable bonds is 1. The minimum atomic E-state index is 0.784. The molecule has 0 aliphatic carbocycles. The molecule has 1 aliphatic heterocycles. The van der Waals surface area contributed by atoms with Crippen LogP contribution >= 0.6 is 11.6 Å². The smallest absolute Gasteiger partial charge is 0.0664 e. The Labute approximate surface area is 93.1 Å². The van der Waals surface area contributed by atoms with Gasteiger partial charge >= 0.3 is 0 Å². The second-order valence-electron chi connectivity index (χ2n) is 3.73. The number of aromatic amines is 1. The summed E-state index contributed by atoms with van der Waals surface area (Å²) in [5, 5.41) is 1.97. The number of benzene rings is 1. The molecule has 0 fully saturated rings. The average Bonchev–Trinajstić information content (AvgIpc) is 2.83. The summed E-state index contributed by atoms with van der Waals surface area (Å²) in [7, 11) is 0. The van der Waals surface area contributed by atoms with Gasteiger partial charge in [0.25, 0.3) is 0 Å². The van der Waals surface area contributed by atoms with E-state index in [2.05, 4.69) is 22.2 Å². The van der Waals surface area contributed by atoms with Crippen LogP contribution in [-0.2, 0) is 0 Å². The van der Waals surface area contributed by atoms with Gasteiger partial charge in [0.15, 0.2) is 0 Å². The quantitative estimate of drug-likeness (QED) is 0.776. The van der Waals surface area contributed by atoms with Crippen LogP contribution in [0.15, 0.2) is 36.7 Å². The van der Waals surface area contributed by atoms with Gasteiger partial charge in [-0.2, -0.15) is 0 Å². The minimum absolute atomic E-state index is 0.784. The molecule has 0 saturated heterocycles. The highest BCUT2D eigenvalue weighted by Crippen LogP contribution is 2.30. The predicted molar refractivity (Wildman–Crippen MR) is 64.4 cm³/mol. The van der Waals surface area contributed by atoms with Gasteiger partial charge in [0, 0.05) is 34.9 Å². The number of fused-ring (bicyclic) bond motifs is 1. The van der Waals surface area contributed by atoms with E-state index in [1.807, 2.05) is 24.4 Å². The van der Waals surface area contributed by atoms with Crippen LogP contribution in [0.2, 0.25) is 5.02 Å². The maximum atomic E-state index is 6.00. The van der Waals surface area contributed by atoms with Gasteiger partial charge < -0.3 is 9.88 Å². The van der Waals surface area contributed by atoms with Gasteiger partial charge in [-0.25, -0.2) is 0 Å². The van der Waals surface area contributed by atoms with Crippen molar-refractivity contribution in [1.82, 2.24) is 4.98 Å². The molecule has 0 unspecified atom stereocenters. The molecule has 0 atom stereocenters. The van der Waals surface area contributed by atoms with E-state index in [0.717, 1.165) is 23.5 Å². The Bertz CT molecular complexity index is 527. The van der Waals surface area contributed by atoms with E-state index in [1.54, 1.807) is 0 Å². The van der Waals surface area contributed by atoms with E-state index in [9.17, 15) is 0 Å². The summed E-state index contributed by atoms with van der Waals surface area (Å²) in [5.41, 5.74) is 2.34. The Morgan fingerprint density at radius 2 is 2.27 bits per heavy atom. The highest BCUT2D eigenvalue weighted by atomic mass is 35.5. The normalized spacial score (nSPS) is 15.4. The first-order chi connectivity index (χ1) is 7.34. The zero-order valence-corrected chi connectivity index (χ0v) is 8.96. The number of aromatic nitrogens is 1. The van der Waals surface area contributed by atoms with Crippen LogP contribution in [0.4, 0.5) is 5.69 Å². The molecule has 0 radical (unpaired) electrons. The SMILES string of the molecule is Clc1ccc2[nH]cc(N3C=CCC3)c2c1. The molecule has 1 aromatic carbocycles. The van der Waals surface area contributed by atoms with Crippen molar-refractivity contribution in [3.05, 3.63) is 41.7 Å². The topological polar surface area (TPSA) is 19.0 Å². The lowest BCUT2D eigenvalue weighted by molar-refractivity contribution is 1.00. The highest BCUT2D eigenvalue weighted by Gasteiger charge is 2.12. The van der Waals surface area contributed by atoms with Crippen LogP contribution in [0, 0.1) is 0 Å². The Balaban J connectivity index is 2.17. The molecule has 1 aliphatic rings. The summed E-state index contributed by atoms with van der Waals surface area (Å²) >= 11 is 6.00. The predicted octanol–water partition coefficient (Wildman–Crippen LogP) is 3.55. The largest absolute Gasteiger partial charge is 0.359 e. The first kappa shape index (κ1) is 8.86. The van der Waals surface area contributed by atoms with Crippen LogP contribution in [0.3, 0.4) is 0 Å². The third-order valence-corrected chi connectivity index (χ3v) is 2.99. The Kier molecular flexibility index (Phi) is 1.96. The molecular weight excluding hydrogens is 208 g/mol. The van der Waals surface area contributed by atoms with E-state index in [1.165, 1.54) is 11.1 Å². The summed E-state index contributed by atoms with van der Waals surface area (Å²) < 4.78 is 0. The van der Waals surface area contributed by atoms with Crippen molar-refractivity contribution < 1.29 is 0 Å². The molecule has 76 valence electrons. The summed E-state index contributed by atoms with van der Waals surface area (Å²) in [4.78, 5) is 5.50. The lowest BCUT2D eigenvalue weighted by atomic mass is 10.2. The molecule has 0 amide bonds. The van der Waals surface area contributed by atoms with Crippen LogP contribution in [0.1, 0.15) is 6.42 Å². The zero-order chi connectivity index (χ0) is 10.3. The number of anilines is 1. The van der Waals surface area contributed by atoms with Gasteiger partial charge in [-0.1, -0.05) is 17.7 Å². The molecule has 15 heavy (non-hydrogen) atoms. The van der Waals surface area contributed by atoms with Gasteiger partial charge in [0.2, 0.25) is 0 Å². The highest BCUT2D eigenvalue weighted by molar-refractivity contribution is 6.31. The number of nitrogens with zero attached hydrogens (tertiary/aromatic N) is 1. The lowest BCUT2D eigenvalue weighted by Gasteiger charge is -2.13. The van der Waals surface area contributed by atoms with Gasteiger partial charge in [0.1, 0.15) is 0 Å². The van der Waals surface area contributed by atoms with E-state index in [4.69, 9.17) is 11.6 Å². The van der Waals surface area contributed by atoms with Gasteiger partial charge in [-0.3, -0.25) is 0 Å². The third-order valence-electron chi connectivity index (χ3n) is 2.75. The molecule has 1 N–H and O–H groups in total. The molecule has 1 aromatic heterocycles. The molecule has 0 saturated carbocycles. The van der Waals surface area contributed by atoms with Crippen molar-refractivity contribution in [3.8, 4) is 0 Å². The van der Waals surface area contributed by atoms with E-state index in [-0.39, 0.29) is 0 Å². The van der Waals surface area contributed by atoms with Crippen molar-refractivity contribution in [3.63, 3.8) is 0 Å². The molecule has 3 rings (SSSR count). The van der Waals surface area contributed by atoms with E-state index in [0.29, 0.717) is 0 Å². The summed E-state index contributed by atoms with van der Waals surface area (Å²) in [6, 6.07) is 5.93. The second-order valence-corrected chi connectivity index (χ2v) is 4.17. The Hall–Kier alpha value is -1.41. The van der Waals surface area contributed by atoms with Crippen molar-refractivity contribution >= 4 is 28.2 Å². The fraction of sp³-hybridized carbons (Fsp3) is 0.167. The number of halogens is 1. The number of hydrogen-bond acceptors (Lipinski definition) is 1. The number of H-pyrrole nitrogens is 1. The monoisotopic (exact) mass is 218 g/mol. The summed E-state index contributed by atoms with van der Waals surface area (Å²) in [6.45, 7) is 1.06. The molecular formula is C12H11ClN2. The summed E-state index contributed by atoms with van der Waals surface area (Å²) in [5.74, 6) is 0. The molecule has 3 heteroatoms. The van der Waals surface area contributed by atoms with Crippen molar-refractivity contribution in [2.45, 2.75) is 6.42 Å². The van der Waals surface area contributed by atoms with Gasteiger partial charge in [-0.15, -0.1) is 0 Å². The minimum Gasteiger partial charge on any atom is -0.359 e. The molecule has 2 aromatic rings. The maximum Gasteiger partial charge on any atom is 0.0664 e. The lowest BCUT2D eigenvalue weighted by Crippen LogP contribution is -2.11. The molecule has 0 spiro atoms. The fourth-order valence-corrected chi connectivity index (χ4v) is 2.18. The fourth-order valence-electron chi connectivity index (χ4n) is 2.01. The van der Waals surface area contributed by atoms with E-state index < -0.39 is 0 Å². The first-order valence-corrected chi connectivity index (χ1v) is 5.42. The standard InChI is InChI=1S/C12H11ClN2/c13-9-3-4-11-10(7-9)12(8-14-11)15-5-1-2-6-15/h1,3-5,7-8,14H,2,6H2. The van der Waals surface area contributed by atoms with E-state index >= 15 is 0 Å². The Morgan fingerprint density at radius 1 is 1.33 bits per heavy atom. The van der Waals surface area contributed by atoms with Crippen molar-refractivity contribution in [2.75, 3.05) is 11.4 Å². The molecule has 0 bridgehead atoms. The van der Waals surface area contributed by atoms with Crippen LogP contribution in [0.5, 0.6) is 0 Å². The third kappa shape index (κ3) is 1.41. The number of hydrogen-bond donors (Lipinski definition) is 1. The molecule has 2 heterocycles. The van der Waals surface area contributed by atoms with Crippen molar-refractivity contribution in [2.24, 2.45) is 0 Å². The second kappa shape index (κ2) is 3.31. The van der Waals surface area contributed by atoms with Crippen LogP contribution in [-0.4, -0.2) is 11.5 Å². The number of nitrogens with one attached hydrogen (secondary N) is 1. The summed E-state index contributed by atoms with van der Waals surface area (Å²) in [6.07, 6.45) is 7.47.